The normalized spacial score (nSPS) is 19.4. The van der Waals surface area contributed by atoms with Crippen LogP contribution in [0.25, 0.3) is 0 Å². The second-order valence-electron chi connectivity index (χ2n) is 4.71. The zero-order valence-corrected chi connectivity index (χ0v) is 10.8. The van der Waals surface area contributed by atoms with Crippen molar-refractivity contribution in [3.05, 3.63) is 33.7 Å². The van der Waals surface area contributed by atoms with Crippen molar-refractivity contribution in [2.75, 3.05) is 6.54 Å². The highest BCUT2D eigenvalue weighted by molar-refractivity contribution is 5.97. The van der Waals surface area contributed by atoms with Gasteiger partial charge in [0.05, 0.1) is 0 Å². The lowest BCUT2D eigenvalue weighted by molar-refractivity contribution is -0.122. The smallest absolute Gasteiger partial charge is 0.257 e. The first-order chi connectivity index (χ1) is 9.08. The van der Waals surface area contributed by atoms with Crippen LogP contribution in [0, 0.1) is 6.92 Å². The monoisotopic (exact) mass is 263 g/mol. The fraction of sp³-hybridized carbons (Fsp3) is 0.462. The molecule has 0 bridgehead atoms. The molecule has 0 aromatic carbocycles. The van der Waals surface area contributed by atoms with Gasteiger partial charge in [-0.05, 0) is 26.2 Å². The van der Waals surface area contributed by atoms with E-state index in [1.54, 1.807) is 6.92 Å². The van der Waals surface area contributed by atoms with Crippen molar-refractivity contribution >= 4 is 11.8 Å². The second kappa shape index (κ2) is 5.69. The third-order valence-electron chi connectivity index (χ3n) is 3.14. The van der Waals surface area contributed by atoms with E-state index in [-0.39, 0.29) is 16.9 Å². The largest absolute Gasteiger partial charge is 0.364 e. The van der Waals surface area contributed by atoms with Gasteiger partial charge in [-0.1, -0.05) is 0 Å². The zero-order chi connectivity index (χ0) is 13.8. The number of carbonyl (C=O) groups excluding carboxylic acids is 2. The molecule has 0 radical (unpaired) electrons. The van der Waals surface area contributed by atoms with E-state index in [0.29, 0.717) is 18.7 Å². The molecule has 1 atom stereocenters. The number of pyridine rings is 1. The molecule has 0 saturated carbocycles. The van der Waals surface area contributed by atoms with Gasteiger partial charge in [-0.3, -0.25) is 14.4 Å². The number of hydrogen-bond acceptors (Lipinski definition) is 3. The molecule has 2 amide bonds. The summed E-state index contributed by atoms with van der Waals surface area (Å²) >= 11 is 0. The minimum atomic E-state index is -0.560. The number of carbonyl (C=O) groups is 2. The van der Waals surface area contributed by atoms with Crippen molar-refractivity contribution in [2.24, 2.45) is 0 Å². The topological polar surface area (TPSA) is 91.1 Å². The Hall–Kier alpha value is -2.11. The summed E-state index contributed by atoms with van der Waals surface area (Å²) in [5.41, 5.74) is 0.374. The molecule has 2 heterocycles. The molecular weight excluding hydrogens is 246 g/mol. The van der Waals surface area contributed by atoms with Gasteiger partial charge in [0.1, 0.15) is 11.6 Å². The number of hydrogen-bond donors (Lipinski definition) is 3. The van der Waals surface area contributed by atoms with Gasteiger partial charge >= 0.3 is 0 Å². The van der Waals surface area contributed by atoms with Gasteiger partial charge in [0.25, 0.3) is 5.91 Å². The highest BCUT2D eigenvalue weighted by atomic mass is 16.2. The summed E-state index contributed by atoms with van der Waals surface area (Å²) in [7, 11) is 0. The van der Waals surface area contributed by atoms with Crippen LogP contribution >= 0.6 is 0 Å². The molecule has 1 aliphatic rings. The highest BCUT2D eigenvalue weighted by Gasteiger charge is 2.23. The molecule has 6 heteroatoms. The standard InChI is InChI=1S/C13H17N3O3/c1-8-6-11(17)9(7-15-8)12(18)16-10-4-2-3-5-14-13(10)19/h6-7,10H,2-5H2,1H3,(H,14,19)(H,15,17)(H,16,18). The zero-order valence-electron chi connectivity index (χ0n) is 10.8. The van der Waals surface area contributed by atoms with Gasteiger partial charge in [-0.2, -0.15) is 0 Å². The van der Waals surface area contributed by atoms with Gasteiger partial charge in [-0.25, -0.2) is 0 Å². The van der Waals surface area contributed by atoms with Crippen molar-refractivity contribution in [3.63, 3.8) is 0 Å². The first-order valence-electron chi connectivity index (χ1n) is 6.36. The summed E-state index contributed by atoms with van der Waals surface area (Å²) in [4.78, 5) is 38.2. The molecule has 3 N–H and O–H groups in total. The Morgan fingerprint density at radius 2 is 2.16 bits per heavy atom. The number of H-pyrrole nitrogens is 1. The summed E-state index contributed by atoms with van der Waals surface area (Å²) < 4.78 is 0. The Balaban J connectivity index is 2.11. The molecule has 102 valence electrons. The molecule has 6 nitrogen and oxygen atoms in total. The minimum Gasteiger partial charge on any atom is -0.364 e. The van der Waals surface area contributed by atoms with Crippen molar-refractivity contribution in [2.45, 2.75) is 32.2 Å². The maximum absolute atomic E-state index is 12.0. The number of amides is 2. The van der Waals surface area contributed by atoms with E-state index in [0.717, 1.165) is 12.8 Å². The summed E-state index contributed by atoms with van der Waals surface area (Å²) in [5, 5.41) is 5.35. The molecule has 19 heavy (non-hydrogen) atoms. The Morgan fingerprint density at radius 3 is 2.89 bits per heavy atom. The fourth-order valence-corrected chi connectivity index (χ4v) is 2.06. The van der Waals surface area contributed by atoms with Crippen LogP contribution < -0.4 is 16.1 Å². The van der Waals surface area contributed by atoms with E-state index in [1.807, 2.05) is 0 Å². The highest BCUT2D eigenvalue weighted by Crippen LogP contribution is 2.06. The number of aromatic amines is 1. The maximum Gasteiger partial charge on any atom is 0.257 e. The van der Waals surface area contributed by atoms with Crippen LogP contribution in [0.1, 0.15) is 35.3 Å². The van der Waals surface area contributed by atoms with E-state index >= 15 is 0 Å². The average Bonchev–Trinajstić information content (AvgIpc) is 2.55. The van der Waals surface area contributed by atoms with E-state index < -0.39 is 11.9 Å². The lowest BCUT2D eigenvalue weighted by Gasteiger charge is -2.14. The predicted molar refractivity (Wildman–Crippen MR) is 69.9 cm³/mol. The Labute approximate surface area is 110 Å². The van der Waals surface area contributed by atoms with Crippen molar-refractivity contribution < 1.29 is 9.59 Å². The molecule has 2 rings (SSSR count). The first-order valence-corrected chi connectivity index (χ1v) is 6.36. The molecule has 1 aliphatic heterocycles. The molecule has 1 unspecified atom stereocenters. The van der Waals surface area contributed by atoms with Gasteiger partial charge in [0.2, 0.25) is 5.91 Å². The first kappa shape index (κ1) is 13.3. The van der Waals surface area contributed by atoms with Gasteiger partial charge in [-0.15, -0.1) is 0 Å². The van der Waals surface area contributed by atoms with E-state index in [1.165, 1.54) is 12.3 Å². The summed E-state index contributed by atoms with van der Waals surface area (Å²) in [6.07, 6.45) is 3.75. The van der Waals surface area contributed by atoms with Gasteiger partial charge < -0.3 is 15.6 Å². The van der Waals surface area contributed by atoms with Crippen LogP contribution in [0.15, 0.2) is 17.1 Å². The van der Waals surface area contributed by atoms with E-state index in [2.05, 4.69) is 15.6 Å². The van der Waals surface area contributed by atoms with Crippen molar-refractivity contribution in [1.29, 1.82) is 0 Å². The van der Waals surface area contributed by atoms with Crippen molar-refractivity contribution in [3.8, 4) is 0 Å². The molecule has 1 fully saturated rings. The lowest BCUT2D eigenvalue weighted by atomic mass is 10.1. The summed E-state index contributed by atoms with van der Waals surface area (Å²) in [6.45, 7) is 2.37. The predicted octanol–water partition coefficient (Wildman–Crippen LogP) is 0.0818. The second-order valence-corrected chi connectivity index (χ2v) is 4.71. The molecule has 0 aliphatic carbocycles. The SMILES string of the molecule is Cc1cc(=O)c(C(=O)NC2CCCCNC2=O)c[nH]1. The Bertz CT molecular complexity index is 550. The van der Waals surface area contributed by atoms with E-state index in [4.69, 9.17) is 0 Å². The van der Waals surface area contributed by atoms with Gasteiger partial charge in [0, 0.05) is 24.5 Å². The van der Waals surface area contributed by atoms with Crippen LogP contribution in [-0.2, 0) is 4.79 Å². The molecule has 1 aromatic rings. The molecule has 1 aromatic heterocycles. The summed E-state index contributed by atoms with van der Waals surface area (Å²) in [5.74, 6) is -0.697. The molecule has 1 saturated heterocycles. The van der Waals surface area contributed by atoms with Crippen molar-refractivity contribution in [1.82, 2.24) is 15.6 Å². The molecular formula is C13H17N3O3. The fourth-order valence-electron chi connectivity index (χ4n) is 2.06. The van der Waals surface area contributed by atoms with Crippen LogP contribution in [0.5, 0.6) is 0 Å². The average molecular weight is 263 g/mol. The third-order valence-corrected chi connectivity index (χ3v) is 3.14. The van der Waals surface area contributed by atoms with Crippen LogP contribution in [0.2, 0.25) is 0 Å². The number of aryl methyl sites for hydroxylation is 1. The Kier molecular flexibility index (Phi) is 3.99. The third kappa shape index (κ3) is 3.21. The number of rotatable bonds is 2. The summed E-state index contributed by atoms with van der Waals surface area (Å²) in [6, 6.07) is 0.804. The van der Waals surface area contributed by atoms with Crippen LogP contribution in [-0.4, -0.2) is 29.4 Å². The lowest BCUT2D eigenvalue weighted by Crippen LogP contribution is -2.46. The number of nitrogens with one attached hydrogen (secondary N) is 3. The van der Waals surface area contributed by atoms with E-state index in [9.17, 15) is 14.4 Å². The van der Waals surface area contributed by atoms with Crippen LogP contribution in [0.3, 0.4) is 0 Å². The Morgan fingerprint density at radius 1 is 1.37 bits per heavy atom. The maximum atomic E-state index is 12.0. The number of aromatic nitrogens is 1. The minimum absolute atomic E-state index is 0.0302. The van der Waals surface area contributed by atoms with Crippen LogP contribution in [0.4, 0.5) is 0 Å². The quantitative estimate of drug-likeness (QED) is 0.705. The van der Waals surface area contributed by atoms with Gasteiger partial charge in [0.15, 0.2) is 5.43 Å². The molecule has 0 spiro atoms.